The summed E-state index contributed by atoms with van der Waals surface area (Å²) in [4.78, 5) is 25.9. The molecule has 3 aliphatic rings. The van der Waals surface area contributed by atoms with Gasteiger partial charge in [-0.05, 0) is 49.8 Å². The monoisotopic (exact) mass is 446 g/mol. The van der Waals surface area contributed by atoms with Crippen molar-refractivity contribution in [1.82, 2.24) is 9.80 Å². The van der Waals surface area contributed by atoms with Crippen molar-refractivity contribution in [3.63, 3.8) is 0 Å². The molecule has 3 aliphatic heterocycles. The van der Waals surface area contributed by atoms with Crippen molar-refractivity contribution in [2.75, 3.05) is 39.3 Å². The molecule has 172 valence electrons. The van der Waals surface area contributed by atoms with E-state index in [0.29, 0.717) is 17.9 Å². The number of fused-ring (bicyclic) bond motifs is 1. The van der Waals surface area contributed by atoms with Gasteiger partial charge in [-0.15, -0.1) is 0 Å². The highest BCUT2D eigenvalue weighted by molar-refractivity contribution is 5.94. The number of carboxylic acid groups (broad SMARTS) is 1. The summed E-state index contributed by atoms with van der Waals surface area (Å²) >= 11 is 0. The van der Waals surface area contributed by atoms with Crippen molar-refractivity contribution in [3.8, 4) is 0 Å². The van der Waals surface area contributed by atoms with E-state index in [-0.39, 0.29) is 11.5 Å². The maximum Gasteiger partial charge on any atom is 0.490 e. The minimum atomic E-state index is -5.08. The summed E-state index contributed by atoms with van der Waals surface area (Å²) in [7, 11) is 0. The molecule has 0 spiro atoms. The number of hydrogen-bond acceptors (Lipinski definition) is 4. The van der Waals surface area contributed by atoms with E-state index in [4.69, 9.17) is 14.6 Å². The van der Waals surface area contributed by atoms with Gasteiger partial charge in [0.15, 0.2) is 0 Å². The van der Waals surface area contributed by atoms with Gasteiger partial charge in [0, 0.05) is 32.8 Å². The molecule has 1 unspecified atom stereocenters. The first-order valence-electron chi connectivity index (χ1n) is 10.3. The van der Waals surface area contributed by atoms with Crippen LogP contribution in [0.15, 0.2) is 24.3 Å². The maximum atomic E-state index is 13.9. The van der Waals surface area contributed by atoms with Crippen LogP contribution >= 0.6 is 0 Å². The van der Waals surface area contributed by atoms with Crippen LogP contribution < -0.4 is 0 Å². The van der Waals surface area contributed by atoms with E-state index in [1.54, 1.807) is 18.2 Å². The Morgan fingerprint density at radius 2 is 1.77 bits per heavy atom. The molecule has 3 heterocycles. The zero-order valence-corrected chi connectivity index (χ0v) is 17.0. The Balaban J connectivity index is 0.000000339. The molecule has 10 heteroatoms. The molecule has 31 heavy (non-hydrogen) atoms. The lowest BCUT2D eigenvalue weighted by Gasteiger charge is -2.35. The molecule has 1 amide bonds. The number of piperidine rings is 1. The molecule has 0 bridgehead atoms. The fourth-order valence-corrected chi connectivity index (χ4v) is 4.46. The molecular formula is C21H26F4N2O4. The Kier molecular flexibility index (Phi) is 7.53. The highest BCUT2D eigenvalue weighted by atomic mass is 19.4. The summed E-state index contributed by atoms with van der Waals surface area (Å²) in [6, 6.07) is 6.30. The molecule has 1 aromatic carbocycles. The number of aliphatic carboxylic acids is 1. The van der Waals surface area contributed by atoms with Gasteiger partial charge in [0.05, 0.1) is 11.7 Å². The molecule has 0 radical (unpaired) electrons. The van der Waals surface area contributed by atoms with E-state index in [1.165, 1.54) is 18.9 Å². The molecule has 4 rings (SSSR count). The first kappa shape index (κ1) is 23.5. The predicted octanol–water partition coefficient (Wildman–Crippen LogP) is 3.03. The lowest BCUT2D eigenvalue weighted by Crippen LogP contribution is -2.43. The van der Waals surface area contributed by atoms with E-state index in [2.05, 4.69) is 4.90 Å². The normalized spacial score (nSPS) is 26.2. The molecule has 1 aromatic rings. The van der Waals surface area contributed by atoms with Crippen LogP contribution in [0.25, 0.3) is 0 Å². The van der Waals surface area contributed by atoms with E-state index < -0.39 is 18.0 Å². The number of alkyl halides is 3. The zero-order valence-electron chi connectivity index (χ0n) is 17.0. The number of halogens is 4. The fourth-order valence-electron chi connectivity index (χ4n) is 4.46. The largest absolute Gasteiger partial charge is 0.490 e. The van der Waals surface area contributed by atoms with Crippen LogP contribution in [0, 0.1) is 17.7 Å². The van der Waals surface area contributed by atoms with Crippen molar-refractivity contribution in [2.45, 2.75) is 31.5 Å². The lowest BCUT2D eigenvalue weighted by molar-refractivity contribution is -0.192. The van der Waals surface area contributed by atoms with Gasteiger partial charge in [0.2, 0.25) is 0 Å². The molecule has 6 nitrogen and oxygen atoms in total. The van der Waals surface area contributed by atoms with E-state index in [1.807, 2.05) is 4.90 Å². The number of amides is 1. The third-order valence-corrected chi connectivity index (χ3v) is 6.01. The van der Waals surface area contributed by atoms with E-state index in [0.717, 1.165) is 45.8 Å². The quantitative estimate of drug-likeness (QED) is 0.723. The Morgan fingerprint density at radius 3 is 2.39 bits per heavy atom. The molecule has 3 fully saturated rings. The molecular weight excluding hydrogens is 420 g/mol. The number of ether oxygens (including phenoxy) is 1. The van der Waals surface area contributed by atoms with Crippen molar-refractivity contribution in [3.05, 3.63) is 35.6 Å². The third kappa shape index (κ3) is 6.16. The van der Waals surface area contributed by atoms with E-state index in [9.17, 15) is 22.4 Å². The number of carbonyl (C=O) groups excluding carboxylic acids is 1. The molecule has 1 N–H and O–H groups in total. The van der Waals surface area contributed by atoms with Crippen molar-refractivity contribution >= 4 is 11.9 Å². The number of rotatable bonds is 3. The van der Waals surface area contributed by atoms with Crippen molar-refractivity contribution in [1.29, 1.82) is 0 Å². The first-order chi connectivity index (χ1) is 14.6. The average Bonchev–Trinajstić information content (AvgIpc) is 3.37. The minimum absolute atomic E-state index is 0.159. The average molecular weight is 446 g/mol. The second-order valence-corrected chi connectivity index (χ2v) is 8.20. The molecule has 0 aromatic heterocycles. The van der Waals surface area contributed by atoms with Gasteiger partial charge >= 0.3 is 12.1 Å². The SMILES string of the molecule is O=C(O)C(F)(F)F.O=C(c1ccccc1F)N1C[C@H]2CN(CC3CCCO3)CC[C@H]2C1. The summed E-state index contributed by atoms with van der Waals surface area (Å²) in [5.74, 6) is -2.27. The van der Waals surface area contributed by atoms with Gasteiger partial charge < -0.3 is 19.6 Å². The second-order valence-electron chi connectivity index (χ2n) is 8.20. The summed E-state index contributed by atoms with van der Waals surface area (Å²) < 4.78 is 51.4. The Hall–Kier alpha value is -2.20. The van der Waals surface area contributed by atoms with Crippen LogP contribution in [0.5, 0.6) is 0 Å². The third-order valence-electron chi connectivity index (χ3n) is 6.01. The summed E-state index contributed by atoms with van der Waals surface area (Å²) in [6.45, 7) is 5.56. The van der Waals surface area contributed by atoms with Crippen molar-refractivity contribution in [2.24, 2.45) is 11.8 Å². The van der Waals surface area contributed by atoms with Gasteiger partial charge in [0.1, 0.15) is 5.82 Å². The number of likely N-dealkylation sites (tertiary alicyclic amines) is 2. The fraction of sp³-hybridized carbons (Fsp3) is 0.619. The lowest BCUT2D eigenvalue weighted by atomic mass is 9.88. The van der Waals surface area contributed by atoms with E-state index >= 15 is 0 Å². The van der Waals surface area contributed by atoms with Crippen LogP contribution in [0.2, 0.25) is 0 Å². The highest BCUT2D eigenvalue weighted by Crippen LogP contribution is 2.32. The molecule has 0 saturated carbocycles. The van der Waals surface area contributed by atoms with Crippen LogP contribution in [-0.4, -0.2) is 78.4 Å². The molecule has 3 atom stereocenters. The molecule has 3 saturated heterocycles. The van der Waals surface area contributed by atoms with Gasteiger partial charge in [-0.25, -0.2) is 9.18 Å². The van der Waals surface area contributed by atoms with Crippen LogP contribution in [-0.2, 0) is 9.53 Å². The Morgan fingerprint density at radius 1 is 1.10 bits per heavy atom. The molecule has 0 aliphatic carbocycles. The number of benzene rings is 1. The van der Waals surface area contributed by atoms with Gasteiger partial charge in [-0.1, -0.05) is 12.1 Å². The van der Waals surface area contributed by atoms with Gasteiger partial charge in [-0.3, -0.25) is 4.79 Å². The number of carboxylic acids is 1. The minimum Gasteiger partial charge on any atom is -0.475 e. The number of carbonyl (C=O) groups is 2. The predicted molar refractivity (Wildman–Crippen MR) is 103 cm³/mol. The van der Waals surface area contributed by atoms with Crippen LogP contribution in [0.4, 0.5) is 17.6 Å². The van der Waals surface area contributed by atoms with Gasteiger partial charge in [-0.2, -0.15) is 13.2 Å². The second kappa shape index (κ2) is 9.95. The first-order valence-corrected chi connectivity index (χ1v) is 10.3. The van der Waals surface area contributed by atoms with Crippen molar-refractivity contribution < 1.29 is 37.0 Å². The smallest absolute Gasteiger partial charge is 0.475 e. The van der Waals surface area contributed by atoms with Gasteiger partial charge in [0.25, 0.3) is 5.91 Å². The summed E-state index contributed by atoms with van der Waals surface area (Å²) in [5.41, 5.74) is 0.201. The van der Waals surface area contributed by atoms with Crippen LogP contribution in [0.3, 0.4) is 0 Å². The topological polar surface area (TPSA) is 70.1 Å². The standard InChI is InChI=1S/C19H25FN2O2.C2HF3O2/c20-18-6-2-1-5-17(18)19(23)22-11-14-7-8-21(10-15(14)12-22)13-16-4-3-9-24-16;3-2(4,5)1(6)7/h1-2,5-6,14-16H,3-4,7-13H2;(H,6,7)/t14-,15+,16?;/m0./s1. The Bertz CT molecular complexity index is 783. The zero-order chi connectivity index (χ0) is 22.6. The highest BCUT2D eigenvalue weighted by Gasteiger charge is 2.40. The number of hydrogen-bond donors (Lipinski definition) is 1. The van der Waals surface area contributed by atoms with Crippen LogP contribution in [0.1, 0.15) is 29.6 Å². The maximum absolute atomic E-state index is 13.9. The Labute approximate surface area is 177 Å². The summed E-state index contributed by atoms with van der Waals surface area (Å²) in [5, 5.41) is 7.12. The summed E-state index contributed by atoms with van der Waals surface area (Å²) in [6.07, 6.45) is -1.23. The number of nitrogens with zero attached hydrogens (tertiary/aromatic N) is 2.